The van der Waals surface area contributed by atoms with E-state index in [0.717, 1.165) is 42.5 Å². The van der Waals surface area contributed by atoms with Gasteiger partial charge in [0.1, 0.15) is 0 Å². The first kappa shape index (κ1) is 20.8. The van der Waals surface area contributed by atoms with Crippen LogP contribution >= 0.6 is 0 Å². The molecule has 1 aromatic heterocycles. The van der Waals surface area contributed by atoms with Crippen LogP contribution in [0.15, 0.2) is 65.9 Å². The summed E-state index contributed by atoms with van der Waals surface area (Å²) in [6, 6.07) is 16.4. The summed E-state index contributed by atoms with van der Waals surface area (Å²) in [5.74, 6) is 2.39. The lowest BCUT2D eigenvalue weighted by Gasteiger charge is -2.14. The molecule has 0 atom stereocenters. The number of aromatic nitrogens is 2. The molecule has 0 radical (unpaired) electrons. The number of hydrogen-bond acceptors (Lipinski definition) is 4. The van der Waals surface area contributed by atoms with Crippen LogP contribution in [0.5, 0.6) is 11.5 Å². The summed E-state index contributed by atoms with van der Waals surface area (Å²) >= 11 is 0. The minimum Gasteiger partial charge on any atom is -0.490 e. The molecule has 0 spiro atoms. The lowest BCUT2D eigenvalue weighted by molar-refractivity contribution is 0.297. The van der Waals surface area contributed by atoms with Gasteiger partial charge < -0.3 is 20.1 Å². The third kappa shape index (κ3) is 5.78. The molecule has 1 aliphatic heterocycles. The maximum absolute atomic E-state index is 5.79. The van der Waals surface area contributed by atoms with Crippen LogP contribution in [0.2, 0.25) is 0 Å². The Morgan fingerprint density at radius 1 is 1.03 bits per heavy atom. The van der Waals surface area contributed by atoms with Gasteiger partial charge in [-0.3, -0.25) is 4.68 Å². The van der Waals surface area contributed by atoms with Gasteiger partial charge in [-0.05, 0) is 41.8 Å². The fraction of sp³-hybridized carbons (Fsp3) is 0.333. The summed E-state index contributed by atoms with van der Waals surface area (Å²) < 4.78 is 13.4. The summed E-state index contributed by atoms with van der Waals surface area (Å²) in [5, 5.41) is 11.1. The first-order valence-corrected chi connectivity index (χ1v) is 10.8. The highest BCUT2D eigenvalue weighted by molar-refractivity contribution is 5.79. The Balaban J connectivity index is 1.42. The zero-order valence-electron chi connectivity index (χ0n) is 17.9. The van der Waals surface area contributed by atoms with Crippen molar-refractivity contribution in [3.8, 4) is 11.5 Å². The second-order valence-electron chi connectivity index (χ2n) is 7.35. The van der Waals surface area contributed by atoms with E-state index in [-0.39, 0.29) is 0 Å². The third-order valence-electron chi connectivity index (χ3n) is 5.03. The highest BCUT2D eigenvalue weighted by atomic mass is 16.5. The molecule has 0 aliphatic carbocycles. The standard InChI is InChI=1S/C24H29N5O2/c1-2-25-24(26-16-19-9-10-22-23(15-19)31-14-6-13-30-22)27-17-20-7-3-4-8-21(20)18-29-12-5-11-28-29/h3-5,7-12,15H,2,6,13-14,16-18H2,1H3,(H2,25,26,27). The van der Waals surface area contributed by atoms with Crippen molar-refractivity contribution in [1.82, 2.24) is 20.4 Å². The number of aliphatic imine (C=N–C) groups is 1. The van der Waals surface area contributed by atoms with E-state index in [4.69, 9.17) is 14.5 Å². The molecule has 2 N–H and O–H groups in total. The Morgan fingerprint density at radius 3 is 2.68 bits per heavy atom. The zero-order chi connectivity index (χ0) is 21.3. The van der Waals surface area contributed by atoms with E-state index in [2.05, 4.69) is 46.9 Å². The molecule has 0 saturated heterocycles. The normalized spacial score (nSPS) is 13.5. The Hall–Kier alpha value is -3.48. The first-order valence-electron chi connectivity index (χ1n) is 10.8. The van der Waals surface area contributed by atoms with Crippen LogP contribution in [0.4, 0.5) is 0 Å². The van der Waals surface area contributed by atoms with E-state index < -0.39 is 0 Å². The summed E-state index contributed by atoms with van der Waals surface area (Å²) in [7, 11) is 0. The molecule has 2 aromatic carbocycles. The lowest BCUT2D eigenvalue weighted by Crippen LogP contribution is -2.37. The largest absolute Gasteiger partial charge is 0.490 e. The Bertz CT molecular complexity index is 1000. The van der Waals surface area contributed by atoms with Crippen LogP contribution in [0.3, 0.4) is 0 Å². The van der Waals surface area contributed by atoms with Crippen LogP contribution in [-0.4, -0.2) is 35.5 Å². The number of nitrogens with zero attached hydrogens (tertiary/aromatic N) is 3. The maximum atomic E-state index is 5.79. The van der Waals surface area contributed by atoms with E-state index in [0.29, 0.717) is 26.3 Å². The van der Waals surface area contributed by atoms with Crippen molar-refractivity contribution in [2.75, 3.05) is 19.8 Å². The lowest BCUT2D eigenvalue weighted by atomic mass is 10.1. The minimum atomic E-state index is 0.556. The van der Waals surface area contributed by atoms with Crippen molar-refractivity contribution >= 4 is 5.96 Å². The second kappa shape index (κ2) is 10.5. The highest BCUT2D eigenvalue weighted by Gasteiger charge is 2.11. The topological polar surface area (TPSA) is 72.7 Å². The molecule has 0 fully saturated rings. The number of nitrogens with one attached hydrogen (secondary N) is 2. The number of fused-ring (bicyclic) bond motifs is 1. The van der Waals surface area contributed by atoms with Crippen LogP contribution in [-0.2, 0) is 19.6 Å². The van der Waals surface area contributed by atoms with Crippen molar-refractivity contribution in [2.45, 2.75) is 33.0 Å². The van der Waals surface area contributed by atoms with E-state index in [9.17, 15) is 0 Å². The molecule has 0 amide bonds. The van der Waals surface area contributed by atoms with E-state index in [1.807, 2.05) is 35.1 Å². The molecule has 3 aromatic rings. The minimum absolute atomic E-state index is 0.556. The van der Waals surface area contributed by atoms with Crippen molar-refractivity contribution in [3.05, 3.63) is 77.6 Å². The number of benzene rings is 2. The Kier molecular flexibility index (Phi) is 7.05. The molecule has 7 heteroatoms. The molecule has 4 rings (SSSR count). The van der Waals surface area contributed by atoms with Crippen molar-refractivity contribution in [1.29, 1.82) is 0 Å². The van der Waals surface area contributed by atoms with Gasteiger partial charge in [-0.25, -0.2) is 4.99 Å². The zero-order valence-corrected chi connectivity index (χ0v) is 17.9. The summed E-state index contributed by atoms with van der Waals surface area (Å²) in [4.78, 5) is 4.76. The Labute approximate surface area is 183 Å². The average Bonchev–Trinajstić information content (AvgIpc) is 3.19. The average molecular weight is 420 g/mol. The molecular weight excluding hydrogens is 390 g/mol. The van der Waals surface area contributed by atoms with Gasteiger partial charge in [-0.1, -0.05) is 30.3 Å². The summed E-state index contributed by atoms with van der Waals surface area (Å²) in [6.07, 6.45) is 4.68. The van der Waals surface area contributed by atoms with E-state index >= 15 is 0 Å². The molecule has 1 aliphatic rings. The van der Waals surface area contributed by atoms with Gasteiger partial charge in [0.25, 0.3) is 0 Å². The number of rotatable bonds is 7. The molecule has 0 bridgehead atoms. The fourth-order valence-corrected chi connectivity index (χ4v) is 3.45. The molecule has 7 nitrogen and oxygen atoms in total. The van der Waals surface area contributed by atoms with E-state index in [1.54, 1.807) is 6.20 Å². The van der Waals surface area contributed by atoms with Crippen LogP contribution < -0.4 is 20.1 Å². The first-order chi connectivity index (χ1) is 15.3. The molecule has 2 heterocycles. The van der Waals surface area contributed by atoms with Crippen LogP contribution in [0.25, 0.3) is 0 Å². The van der Waals surface area contributed by atoms with E-state index in [1.165, 1.54) is 11.1 Å². The summed E-state index contributed by atoms with van der Waals surface area (Å²) in [5.41, 5.74) is 3.54. The summed E-state index contributed by atoms with van der Waals surface area (Å²) in [6.45, 7) is 6.22. The quantitative estimate of drug-likeness (QED) is 0.454. The van der Waals surface area contributed by atoms with Crippen molar-refractivity contribution < 1.29 is 9.47 Å². The second-order valence-corrected chi connectivity index (χ2v) is 7.35. The Morgan fingerprint density at radius 2 is 1.87 bits per heavy atom. The molecule has 0 saturated carbocycles. The predicted molar refractivity (Wildman–Crippen MR) is 121 cm³/mol. The van der Waals surface area contributed by atoms with Gasteiger partial charge in [-0.2, -0.15) is 5.10 Å². The smallest absolute Gasteiger partial charge is 0.191 e. The van der Waals surface area contributed by atoms with Gasteiger partial charge in [-0.15, -0.1) is 0 Å². The highest BCUT2D eigenvalue weighted by Crippen LogP contribution is 2.30. The SMILES string of the molecule is CCNC(=NCc1ccc2c(c1)OCCCO2)NCc1ccccc1Cn1cccn1. The predicted octanol–water partition coefficient (Wildman–Crippen LogP) is 3.35. The fourth-order valence-electron chi connectivity index (χ4n) is 3.45. The monoisotopic (exact) mass is 419 g/mol. The van der Waals surface area contributed by atoms with Gasteiger partial charge in [0.05, 0.1) is 26.3 Å². The van der Waals surface area contributed by atoms with Crippen molar-refractivity contribution in [3.63, 3.8) is 0 Å². The third-order valence-corrected chi connectivity index (χ3v) is 5.03. The van der Waals surface area contributed by atoms with Gasteiger partial charge in [0, 0.05) is 31.9 Å². The number of ether oxygens (including phenoxy) is 2. The van der Waals surface area contributed by atoms with Crippen molar-refractivity contribution in [2.24, 2.45) is 4.99 Å². The number of guanidine groups is 1. The molecule has 0 unspecified atom stereocenters. The molecule has 162 valence electrons. The number of hydrogen-bond donors (Lipinski definition) is 2. The van der Waals surface area contributed by atoms with Crippen LogP contribution in [0, 0.1) is 0 Å². The van der Waals surface area contributed by atoms with Gasteiger partial charge >= 0.3 is 0 Å². The van der Waals surface area contributed by atoms with Gasteiger partial charge in [0.2, 0.25) is 0 Å². The molecular formula is C24H29N5O2. The maximum Gasteiger partial charge on any atom is 0.191 e. The van der Waals surface area contributed by atoms with Crippen LogP contribution in [0.1, 0.15) is 30.0 Å². The molecule has 31 heavy (non-hydrogen) atoms. The van der Waals surface area contributed by atoms with Gasteiger partial charge in [0.15, 0.2) is 17.5 Å².